The van der Waals surface area contributed by atoms with E-state index in [9.17, 15) is 22.2 Å². The molecule has 15 nitrogen and oxygen atoms in total. The van der Waals surface area contributed by atoms with Gasteiger partial charge < -0.3 is 35.5 Å². The molecule has 1 aromatic heterocycles. The number of hydrogen-bond acceptors (Lipinski definition) is 11. The number of methoxy groups -OCH3 is 2. The highest BCUT2D eigenvalue weighted by molar-refractivity contribution is 7.92. The van der Waals surface area contributed by atoms with Crippen LogP contribution in [0.5, 0.6) is 23.0 Å². The Kier molecular flexibility index (Phi) is 13.3. The van der Waals surface area contributed by atoms with E-state index in [0.29, 0.717) is 70.0 Å². The lowest BCUT2D eigenvalue weighted by atomic mass is 9.86. The lowest BCUT2D eigenvalue weighted by Gasteiger charge is -2.25. The summed E-state index contributed by atoms with van der Waals surface area (Å²) < 4.78 is 55.9. The van der Waals surface area contributed by atoms with Crippen LogP contribution < -0.4 is 40.2 Å². The SMILES string of the molecule is COc1cc(Nc2cc(Oc3ccc(NC(=O)Nc4cc(C(C)(C)C)cc(NS(C)(=O)=O)c4OC)c4ccccc34)ccn2)cc(C(=O)NCCN2CCS(=O)CC2)c1. The number of sulfonamides is 1. The third-order valence-electron chi connectivity index (χ3n) is 9.45. The van der Waals surface area contributed by atoms with Crippen molar-refractivity contribution in [2.75, 3.05) is 78.8 Å². The number of fused-ring (bicyclic) bond motifs is 1. The molecule has 5 aromatic rings. The van der Waals surface area contributed by atoms with E-state index in [4.69, 9.17) is 14.2 Å². The Morgan fingerprint density at radius 3 is 2.25 bits per heavy atom. The van der Waals surface area contributed by atoms with Crippen LogP contribution in [0.15, 0.2) is 85.1 Å². The standard InChI is InChI=1S/C42H49N7O8S2/c1-42(2,3)28-23-35(39(56-5)36(24-28)48-59(6,53)54)47-41(51)46-34-11-12-37(33-10-8-7-9-32(33)34)57-30-13-14-43-38(26-30)45-29-21-27(22-31(25-29)55-4)40(50)44-15-16-49-17-19-58(52)20-18-49/h7-14,21-26,48H,15-20H2,1-6H3,(H,43,45)(H,44,50)(H2,46,47,51). The first kappa shape index (κ1) is 42.7. The van der Waals surface area contributed by atoms with Crippen molar-refractivity contribution >= 4 is 72.1 Å². The minimum atomic E-state index is -3.65. The molecule has 312 valence electrons. The molecule has 2 heterocycles. The summed E-state index contributed by atoms with van der Waals surface area (Å²) in [7, 11) is -1.47. The van der Waals surface area contributed by atoms with Crippen LogP contribution in [0, 0.1) is 0 Å². The summed E-state index contributed by atoms with van der Waals surface area (Å²) in [6.07, 6.45) is 2.65. The van der Waals surface area contributed by atoms with Gasteiger partial charge in [-0.1, -0.05) is 45.0 Å². The fraction of sp³-hybridized carbons (Fsp3) is 0.310. The first-order valence-electron chi connectivity index (χ1n) is 18.8. The summed E-state index contributed by atoms with van der Waals surface area (Å²) in [4.78, 5) is 33.3. The quantitative estimate of drug-likeness (QED) is 0.0783. The van der Waals surface area contributed by atoms with Crippen molar-refractivity contribution in [3.8, 4) is 23.0 Å². The summed E-state index contributed by atoms with van der Waals surface area (Å²) in [5.41, 5.74) is 2.40. The van der Waals surface area contributed by atoms with Crippen molar-refractivity contribution in [1.29, 1.82) is 0 Å². The number of carbonyl (C=O) groups excluding carboxylic acids is 2. The number of nitrogens with one attached hydrogen (secondary N) is 5. The predicted molar refractivity (Wildman–Crippen MR) is 234 cm³/mol. The Morgan fingerprint density at radius 1 is 0.847 bits per heavy atom. The van der Waals surface area contributed by atoms with Gasteiger partial charge in [0.1, 0.15) is 23.1 Å². The summed E-state index contributed by atoms with van der Waals surface area (Å²) in [6, 6.07) is 22.4. The number of pyridine rings is 1. The van der Waals surface area contributed by atoms with E-state index >= 15 is 0 Å². The summed E-state index contributed by atoms with van der Waals surface area (Å²) >= 11 is 0. The van der Waals surface area contributed by atoms with Gasteiger partial charge in [0.25, 0.3) is 5.91 Å². The predicted octanol–water partition coefficient (Wildman–Crippen LogP) is 6.90. The molecule has 0 atom stereocenters. The minimum Gasteiger partial charge on any atom is -0.497 e. The van der Waals surface area contributed by atoms with Crippen LogP contribution in [0.25, 0.3) is 10.8 Å². The highest BCUT2D eigenvalue weighted by Crippen LogP contribution is 2.40. The minimum absolute atomic E-state index is 0.163. The van der Waals surface area contributed by atoms with Crippen molar-refractivity contribution in [3.63, 3.8) is 0 Å². The van der Waals surface area contributed by atoms with Crippen molar-refractivity contribution in [3.05, 3.63) is 96.2 Å². The molecular weight excluding hydrogens is 795 g/mol. The molecule has 0 unspecified atom stereocenters. The molecule has 17 heteroatoms. The molecular formula is C42H49N7O8S2. The number of ether oxygens (including phenoxy) is 3. The Bertz CT molecular complexity index is 2480. The number of amides is 3. The van der Waals surface area contributed by atoms with Crippen molar-refractivity contribution in [2.45, 2.75) is 26.2 Å². The second-order valence-electron chi connectivity index (χ2n) is 15.0. The van der Waals surface area contributed by atoms with Gasteiger partial charge in [-0.15, -0.1) is 0 Å². The van der Waals surface area contributed by atoms with Gasteiger partial charge in [-0.2, -0.15) is 0 Å². The largest absolute Gasteiger partial charge is 0.497 e. The van der Waals surface area contributed by atoms with E-state index in [1.807, 2.05) is 45.0 Å². The van der Waals surface area contributed by atoms with Gasteiger partial charge in [-0.25, -0.2) is 18.2 Å². The number of carbonyl (C=O) groups is 2. The number of benzene rings is 4. The number of nitrogens with zero attached hydrogens (tertiary/aromatic N) is 2. The molecule has 0 spiro atoms. The molecule has 1 aliphatic rings. The molecule has 1 saturated heterocycles. The zero-order valence-electron chi connectivity index (χ0n) is 33.8. The maximum Gasteiger partial charge on any atom is 0.323 e. The maximum absolute atomic E-state index is 13.5. The monoisotopic (exact) mass is 843 g/mol. The number of anilines is 5. The topological polar surface area (TPSA) is 189 Å². The van der Waals surface area contributed by atoms with Gasteiger partial charge in [0.15, 0.2) is 5.75 Å². The average molecular weight is 844 g/mol. The molecule has 0 aliphatic carbocycles. The number of aromatic nitrogens is 1. The molecule has 5 N–H and O–H groups in total. The maximum atomic E-state index is 13.5. The van der Waals surface area contributed by atoms with Crippen LogP contribution in [0.4, 0.5) is 33.4 Å². The Morgan fingerprint density at radius 2 is 1.56 bits per heavy atom. The van der Waals surface area contributed by atoms with E-state index in [1.54, 1.807) is 60.8 Å². The molecule has 1 aliphatic heterocycles. The molecule has 59 heavy (non-hydrogen) atoms. The summed E-state index contributed by atoms with van der Waals surface area (Å²) in [5.74, 6) is 3.20. The molecule has 3 amide bonds. The third-order valence-corrected chi connectivity index (χ3v) is 11.3. The fourth-order valence-corrected chi connectivity index (χ4v) is 8.14. The first-order valence-corrected chi connectivity index (χ1v) is 22.2. The number of hydrogen-bond donors (Lipinski definition) is 5. The fourth-order valence-electron chi connectivity index (χ4n) is 6.46. The molecule has 0 saturated carbocycles. The Balaban J connectivity index is 1.16. The Hall–Kier alpha value is -5.91. The van der Waals surface area contributed by atoms with E-state index in [0.717, 1.165) is 30.3 Å². The third kappa shape index (κ3) is 11.4. The normalized spacial score (nSPS) is 13.7. The van der Waals surface area contributed by atoms with E-state index in [-0.39, 0.29) is 28.4 Å². The van der Waals surface area contributed by atoms with Crippen molar-refractivity contribution in [1.82, 2.24) is 15.2 Å². The molecule has 0 bridgehead atoms. The zero-order valence-corrected chi connectivity index (χ0v) is 35.4. The van der Waals surface area contributed by atoms with Crippen LogP contribution >= 0.6 is 0 Å². The van der Waals surface area contributed by atoms with Crippen molar-refractivity contribution < 1.29 is 36.4 Å². The molecule has 4 aromatic carbocycles. The van der Waals surface area contributed by atoms with E-state index < -0.39 is 26.9 Å². The van der Waals surface area contributed by atoms with Gasteiger partial charge in [0.05, 0.1) is 37.5 Å². The lowest BCUT2D eigenvalue weighted by molar-refractivity contribution is 0.0948. The Labute approximate surface area is 346 Å². The van der Waals surface area contributed by atoms with E-state index in [1.165, 1.54) is 14.2 Å². The van der Waals surface area contributed by atoms with Crippen LogP contribution in [-0.2, 0) is 26.2 Å². The highest BCUT2D eigenvalue weighted by Gasteiger charge is 2.23. The van der Waals surface area contributed by atoms with Gasteiger partial charge in [0, 0.05) is 88.8 Å². The highest BCUT2D eigenvalue weighted by atomic mass is 32.2. The van der Waals surface area contributed by atoms with Gasteiger partial charge in [-0.05, 0) is 53.4 Å². The summed E-state index contributed by atoms with van der Waals surface area (Å²) in [5, 5.41) is 13.4. The number of urea groups is 1. The molecule has 0 radical (unpaired) electrons. The number of rotatable bonds is 14. The smallest absolute Gasteiger partial charge is 0.323 e. The van der Waals surface area contributed by atoms with Crippen LogP contribution in [0.2, 0.25) is 0 Å². The first-order chi connectivity index (χ1) is 28.1. The second kappa shape index (κ2) is 18.3. The molecule has 6 rings (SSSR count). The zero-order chi connectivity index (χ0) is 42.3. The van der Waals surface area contributed by atoms with E-state index in [2.05, 4.69) is 35.9 Å². The van der Waals surface area contributed by atoms with Crippen LogP contribution in [0.3, 0.4) is 0 Å². The van der Waals surface area contributed by atoms with Crippen molar-refractivity contribution in [2.24, 2.45) is 0 Å². The van der Waals surface area contributed by atoms with Crippen LogP contribution in [0.1, 0.15) is 36.7 Å². The van der Waals surface area contributed by atoms with Crippen LogP contribution in [-0.4, -0.2) is 92.6 Å². The second-order valence-corrected chi connectivity index (χ2v) is 18.4. The lowest BCUT2D eigenvalue weighted by Crippen LogP contribution is -2.42. The molecule has 1 fully saturated rings. The van der Waals surface area contributed by atoms with Gasteiger partial charge in [-0.3, -0.25) is 18.6 Å². The van der Waals surface area contributed by atoms with Gasteiger partial charge in [0.2, 0.25) is 10.0 Å². The summed E-state index contributed by atoms with van der Waals surface area (Å²) in [6.45, 7) is 8.58. The van der Waals surface area contributed by atoms with Gasteiger partial charge >= 0.3 is 6.03 Å². The average Bonchev–Trinajstić information content (AvgIpc) is 3.18.